The zero-order chi connectivity index (χ0) is 12.3. The largest absolute Gasteiger partial charge is 0.494 e. The van der Waals surface area contributed by atoms with Gasteiger partial charge >= 0.3 is 0 Å². The lowest BCUT2D eigenvalue weighted by molar-refractivity contribution is 0.386. The van der Waals surface area contributed by atoms with E-state index in [1.54, 1.807) is 6.07 Å². The van der Waals surface area contributed by atoms with E-state index in [1.807, 2.05) is 0 Å². The minimum Gasteiger partial charge on any atom is -0.494 e. The summed E-state index contributed by atoms with van der Waals surface area (Å²) in [5, 5.41) is 3.15. The van der Waals surface area contributed by atoms with Crippen molar-refractivity contribution in [2.75, 3.05) is 12.4 Å². The first-order valence-corrected chi connectivity index (χ1v) is 5.15. The van der Waals surface area contributed by atoms with Crippen LogP contribution in [-0.4, -0.2) is 17.1 Å². The molecule has 88 valence electrons. The van der Waals surface area contributed by atoms with E-state index in [-0.39, 0.29) is 10.9 Å². The molecule has 6 heteroatoms. The van der Waals surface area contributed by atoms with Gasteiger partial charge in [0.05, 0.1) is 19.5 Å². The molecule has 0 bridgehead atoms. The maximum Gasteiger partial charge on any atom is 0.167 e. The van der Waals surface area contributed by atoms with E-state index >= 15 is 0 Å². The number of methoxy groups -OCH3 is 1. The molecular weight excluding hydrogens is 245 g/mol. The van der Waals surface area contributed by atoms with Gasteiger partial charge in [0.15, 0.2) is 17.4 Å². The van der Waals surface area contributed by atoms with Crippen molar-refractivity contribution in [3.8, 4) is 5.75 Å². The summed E-state index contributed by atoms with van der Waals surface area (Å²) >= 11 is 5.68. The van der Waals surface area contributed by atoms with Crippen LogP contribution in [0.4, 0.5) is 15.9 Å². The Morgan fingerprint density at radius 2 is 2.18 bits per heavy atom. The summed E-state index contributed by atoms with van der Waals surface area (Å²) < 4.78 is 18.2. The average molecular weight is 254 g/mol. The van der Waals surface area contributed by atoms with E-state index in [2.05, 4.69) is 15.3 Å². The maximum absolute atomic E-state index is 13.4. The average Bonchev–Trinajstić information content (AvgIpc) is 2.29. The number of hydrogen-bond acceptors (Lipinski definition) is 4. The van der Waals surface area contributed by atoms with Crippen molar-refractivity contribution in [3.05, 3.63) is 41.6 Å². The molecule has 0 fully saturated rings. The highest BCUT2D eigenvalue weighted by Gasteiger charge is 2.04. The monoisotopic (exact) mass is 253 g/mol. The van der Waals surface area contributed by atoms with Crippen LogP contribution in [0.25, 0.3) is 0 Å². The van der Waals surface area contributed by atoms with Crippen LogP contribution in [0, 0.1) is 5.82 Å². The highest BCUT2D eigenvalue weighted by molar-refractivity contribution is 6.29. The van der Waals surface area contributed by atoms with Gasteiger partial charge in [-0.2, -0.15) is 0 Å². The standard InChI is InChI=1S/C11H9ClFN3O/c1-17-9-3-2-7(4-8(9)13)15-11-6-14-5-10(12)16-11/h2-6H,1H3,(H,15,16). The minimum absolute atomic E-state index is 0.188. The van der Waals surface area contributed by atoms with Gasteiger partial charge in [-0.25, -0.2) is 9.37 Å². The van der Waals surface area contributed by atoms with Crippen LogP contribution in [0.5, 0.6) is 5.75 Å². The molecule has 0 saturated carbocycles. The van der Waals surface area contributed by atoms with Crippen molar-refractivity contribution < 1.29 is 9.13 Å². The number of ether oxygens (including phenoxy) is 1. The van der Waals surface area contributed by atoms with E-state index in [1.165, 1.54) is 31.6 Å². The molecule has 1 aromatic heterocycles. The Morgan fingerprint density at radius 3 is 2.82 bits per heavy atom. The zero-order valence-electron chi connectivity index (χ0n) is 8.95. The Labute approximate surface area is 102 Å². The summed E-state index contributed by atoms with van der Waals surface area (Å²) in [5.74, 6) is 0.183. The van der Waals surface area contributed by atoms with E-state index in [0.717, 1.165) is 0 Å². The van der Waals surface area contributed by atoms with Crippen LogP contribution in [0.1, 0.15) is 0 Å². The predicted molar refractivity (Wildman–Crippen MR) is 63.3 cm³/mol. The molecule has 0 aliphatic carbocycles. The molecule has 2 rings (SSSR count). The van der Waals surface area contributed by atoms with Crippen LogP contribution in [0.2, 0.25) is 5.15 Å². The van der Waals surface area contributed by atoms with E-state index in [4.69, 9.17) is 16.3 Å². The molecule has 0 amide bonds. The van der Waals surface area contributed by atoms with Gasteiger partial charge in [0.1, 0.15) is 5.15 Å². The fraction of sp³-hybridized carbons (Fsp3) is 0.0909. The number of aromatic nitrogens is 2. The third-order valence-corrected chi connectivity index (χ3v) is 2.21. The molecule has 17 heavy (non-hydrogen) atoms. The van der Waals surface area contributed by atoms with Crippen molar-refractivity contribution in [2.45, 2.75) is 0 Å². The second kappa shape index (κ2) is 4.97. The number of nitrogens with one attached hydrogen (secondary N) is 1. The summed E-state index contributed by atoms with van der Waals surface area (Å²) in [6.45, 7) is 0. The highest BCUT2D eigenvalue weighted by Crippen LogP contribution is 2.22. The Hall–Kier alpha value is -1.88. The minimum atomic E-state index is -0.451. The molecule has 1 heterocycles. The van der Waals surface area contributed by atoms with Gasteiger partial charge in [-0.05, 0) is 12.1 Å². The summed E-state index contributed by atoms with van der Waals surface area (Å²) in [4.78, 5) is 7.84. The molecule has 2 aromatic rings. The Balaban J connectivity index is 2.22. The molecule has 0 spiro atoms. The first-order valence-electron chi connectivity index (χ1n) is 4.77. The molecule has 0 aliphatic rings. The smallest absolute Gasteiger partial charge is 0.167 e. The topological polar surface area (TPSA) is 47.0 Å². The van der Waals surface area contributed by atoms with Crippen molar-refractivity contribution >= 4 is 23.1 Å². The van der Waals surface area contributed by atoms with Gasteiger partial charge in [-0.1, -0.05) is 11.6 Å². The number of benzene rings is 1. The summed E-state index contributed by atoms with van der Waals surface area (Å²) in [7, 11) is 1.41. The van der Waals surface area contributed by atoms with Gasteiger partial charge in [0.2, 0.25) is 0 Å². The lowest BCUT2D eigenvalue weighted by atomic mass is 10.3. The van der Waals surface area contributed by atoms with Gasteiger partial charge in [-0.15, -0.1) is 0 Å². The van der Waals surface area contributed by atoms with Gasteiger partial charge in [0, 0.05) is 11.8 Å². The predicted octanol–water partition coefficient (Wildman–Crippen LogP) is 3.02. The van der Waals surface area contributed by atoms with E-state index < -0.39 is 5.82 Å². The van der Waals surface area contributed by atoms with E-state index in [0.29, 0.717) is 11.5 Å². The number of hydrogen-bond donors (Lipinski definition) is 1. The lowest BCUT2D eigenvalue weighted by Crippen LogP contribution is -1.96. The molecule has 0 aliphatic heterocycles. The lowest BCUT2D eigenvalue weighted by Gasteiger charge is -2.07. The third-order valence-electron chi connectivity index (χ3n) is 2.03. The molecule has 0 atom stereocenters. The Morgan fingerprint density at radius 1 is 1.35 bits per heavy atom. The molecule has 0 saturated heterocycles. The molecular formula is C11H9ClFN3O. The summed E-state index contributed by atoms with van der Waals surface area (Å²) in [6, 6.07) is 4.50. The van der Waals surface area contributed by atoms with E-state index in [9.17, 15) is 4.39 Å². The fourth-order valence-corrected chi connectivity index (χ4v) is 1.44. The number of halogens is 2. The number of nitrogens with zero attached hydrogens (tertiary/aromatic N) is 2. The van der Waals surface area contributed by atoms with Gasteiger partial charge in [-0.3, -0.25) is 4.98 Å². The van der Waals surface area contributed by atoms with Crippen molar-refractivity contribution in [2.24, 2.45) is 0 Å². The third kappa shape index (κ3) is 2.82. The maximum atomic E-state index is 13.4. The normalized spacial score (nSPS) is 10.1. The summed E-state index contributed by atoms with van der Waals surface area (Å²) in [5.41, 5.74) is 0.542. The Kier molecular flexibility index (Phi) is 3.39. The van der Waals surface area contributed by atoms with Crippen LogP contribution in [0.15, 0.2) is 30.6 Å². The van der Waals surface area contributed by atoms with Crippen LogP contribution >= 0.6 is 11.6 Å². The molecule has 4 nitrogen and oxygen atoms in total. The van der Waals surface area contributed by atoms with Gasteiger partial charge in [0.25, 0.3) is 0 Å². The molecule has 1 N–H and O–H groups in total. The number of rotatable bonds is 3. The fourth-order valence-electron chi connectivity index (χ4n) is 1.29. The van der Waals surface area contributed by atoms with Crippen molar-refractivity contribution in [1.29, 1.82) is 0 Å². The van der Waals surface area contributed by atoms with Crippen molar-refractivity contribution in [3.63, 3.8) is 0 Å². The van der Waals surface area contributed by atoms with Crippen molar-refractivity contribution in [1.82, 2.24) is 9.97 Å². The Bertz CT molecular complexity index is 536. The SMILES string of the molecule is COc1ccc(Nc2cncc(Cl)n2)cc1F. The molecule has 0 unspecified atom stereocenters. The van der Waals surface area contributed by atoms with Crippen LogP contribution < -0.4 is 10.1 Å². The second-order valence-electron chi connectivity index (χ2n) is 3.20. The summed E-state index contributed by atoms with van der Waals surface area (Å²) in [6.07, 6.45) is 2.91. The number of anilines is 2. The first kappa shape index (κ1) is 11.6. The van der Waals surface area contributed by atoms with Crippen LogP contribution in [-0.2, 0) is 0 Å². The molecule has 1 aromatic carbocycles. The zero-order valence-corrected chi connectivity index (χ0v) is 9.70. The molecule has 0 radical (unpaired) electrons. The highest BCUT2D eigenvalue weighted by atomic mass is 35.5. The van der Waals surface area contributed by atoms with Gasteiger partial charge < -0.3 is 10.1 Å². The second-order valence-corrected chi connectivity index (χ2v) is 3.59. The van der Waals surface area contributed by atoms with Crippen LogP contribution in [0.3, 0.4) is 0 Å². The quantitative estimate of drug-likeness (QED) is 0.913. The first-order chi connectivity index (χ1) is 8.19.